The zero-order valence-corrected chi connectivity index (χ0v) is 9.12. The van der Waals surface area contributed by atoms with Crippen LogP contribution in [0.5, 0.6) is 0 Å². The first-order chi connectivity index (χ1) is 5.88. The zero-order chi connectivity index (χ0) is 8.81. The van der Waals surface area contributed by atoms with Gasteiger partial charge < -0.3 is 5.32 Å². The second kappa shape index (κ2) is 5.87. The summed E-state index contributed by atoms with van der Waals surface area (Å²) in [7, 11) is 2.07. The molecule has 0 aromatic carbocycles. The topological polar surface area (TPSA) is 12.0 Å². The molecule has 0 radical (unpaired) electrons. The average molecular weight is 187 g/mol. The molecule has 2 atom stereocenters. The Hall–Kier alpha value is 0.310. The minimum absolute atomic E-state index is 0.974. The normalized spacial score (nSPS) is 29.5. The van der Waals surface area contributed by atoms with Crippen LogP contribution in [0.4, 0.5) is 0 Å². The Kier molecular flexibility index (Phi) is 5.08. The quantitative estimate of drug-likeness (QED) is 0.709. The molecule has 1 aliphatic rings. The maximum atomic E-state index is 3.31. The van der Waals surface area contributed by atoms with Gasteiger partial charge in [0.25, 0.3) is 0 Å². The molecular weight excluding hydrogens is 166 g/mol. The van der Waals surface area contributed by atoms with E-state index in [2.05, 4.69) is 18.6 Å². The van der Waals surface area contributed by atoms with Gasteiger partial charge in [-0.25, -0.2) is 0 Å². The van der Waals surface area contributed by atoms with E-state index >= 15 is 0 Å². The Bertz CT molecular complexity index is 116. The predicted molar refractivity (Wildman–Crippen MR) is 57.8 cm³/mol. The van der Waals surface area contributed by atoms with Crippen LogP contribution >= 0.6 is 11.8 Å². The highest BCUT2D eigenvalue weighted by Crippen LogP contribution is 2.34. The second-order valence-corrected chi connectivity index (χ2v) is 4.78. The highest BCUT2D eigenvalue weighted by molar-refractivity contribution is 7.98. The van der Waals surface area contributed by atoms with Crippen molar-refractivity contribution in [2.24, 2.45) is 11.8 Å². The maximum Gasteiger partial charge on any atom is -0.00209 e. The van der Waals surface area contributed by atoms with Gasteiger partial charge in [0.2, 0.25) is 0 Å². The standard InChI is InChI=1S/C10H21NS/c1-11-8-10-5-3-4-9(10)6-7-12-2/h9-11H,3-8H2,1-2H3. The zero-order valence-electron chi connectivity index (χ0n) is 8.31. The summed E-state index contributed by atoms with van der Waals surface area (Å²) >= 11 is 1.99. The fraction of sp³-hybridized carbons (Fsp3) is 1.00. The number of hydrogen-bond donors (Lipinski definition) is 1. The highest BCUT2D eigenvalue weighted by atomic mass is 32.2. The van der Waals surface area contributed by atoms with Crippen molar-refractivity contribution >= 4 is 11.8 Å². The summed E-state index contributed by atoms with van der Waals surface area (Å²) in [5.74, 6) is 3.34. The Balaban J connectivity index is 2.20. The molecule has 0 aromatic rings. The van der Waals surface area contributed by atoms with Gasteiger partial charge in [-0.15, -0.1) is 0 Å². The fourth-order valence-corrected chi connectivity index (χ4v) is 2.83. The molecule has 2 unspecified atom stereocenters. The Morgan fingerprint density at radius 2 is 2.08 bits per heavy atom. The van der Waals surface area contributed by atoms with Gasteiger partial charge in [-0.3, -0.25) is 0 Å². The molecule has 0 aromatic heterocycles. The van der Waals surface area contributed by atoms with Gasteiger partial charge in [0.1, 0.15) is 0 Å². The molecular formula is C10H21NS. The van der Waals surface area contributed by atoms with Crippen LogP contribution in [0.3, 0.4) is 0 Å². The summed E-state index contributed by atoms with van der Waals surface area (Å²) in [5.41, 5.74) is 0. The van der Waals surface area contributed by atoms with E-state index in [0.29, 0.717) is 0 Å². The van der Waals surface area contributed by atoms with Gasteiger partial charge in [0.15, 0.2) is 0 Å². The molecule has 1 fully saturated rings. The van der Waals surface area contributed by atoms with Crippen LogP contribution in [0.15, 0.2) is 0 Å². The fourth-order valence-electron chi connectivity index (χ4n) is 2.29. The first-order valence-corrected chi connectivity index (χ1v) is 6.41. The van der Waals surface area contributed by atoms with E-state index in [0.717, 1.165) is 11.8 Å². The monoisotopic (exact) mass is 187 g/mol. The third kappa shape index (κ3) is 2.98. The molecule has 12 heavy (non-hydrogen) atoms. The number of hydrogen-bond acceptors (Lipinski definition) is 2. The summed E-state index contributed by atoms with van der Waals surface area (Å²) in [4.78, 5) is 0. The molecule has 0 amide bonds. The van der Waals surface area contributed by atoms with Crippen LogP contribution in [-0.4, -0.2) is 25.6 Å². The van der Waals surface area contributed by atoms with Crippen molar-refractivity contribution in [3.8, 4) is 0 Å². The third-order valence-electron chi connectivity index (χ3n) is 2.98. The Morgan fingerprint density at radius 3 is 2.75 bits per heavy atom. The second-order valence-electron chi connectivity index (χ2n) is 3.79. The van der Waals surface area contributed by atoms with E-state index in [-0.39, 0.29) is 0 Å². The maximum absolute atomic E-state index is 3.31. The summed E-state index contributed by atoms with van der Waals surface area (Å²) in [6, 6.07) is 0. The van der Waals surface area contributed by atoms with E-state index in [1.807, 2.05) is 11.8 Å². The SMILES string of the molecule is CNCC1CCCC1CCSC. The lowest BCUT2D eigenvalue weighted by molar-refractivity contribution is 0.369. The molecule has 2 heteroatoms. The summed E-state index contributed by atoms with van der Waals surface area (Å²) in [6.45, 7) is 1.24. The van der Waals surface area contributed by atoms with Gasteiger partial charge >= 0.3 is 0 Å². The van der Waals surface area contributed by atoms with Crippen LogP contribution in [-0.2, 0) is 0 Å². The smallest absolute Gasteiger partial charge is 0.00209 e. The van der Waals surface area contributed by atoms with Gasteiger partial charge in [-0.2, -0.15) is 11.8 Å². The van der Waals surface area contributed by atoms with Gasteiger partial charge in [0.05, 0.1) is 0 Å². The first kappa shape index (κ1) is 10.4. The Labute approximate surface area is 80.7 Å². The van der Waals surface area contributed by atoms with Crippen LogP contribution in [0.1, 0.15) is 25.7 Å². The molecule has 0 aliphatic heterocycles. The van der Waals surface area contributed by atoms with Crippen LogP contribution in [0, 0.1) is 11.8 Å². The minimum atomic E-state index is 0.974. The van der Waals surface area contributed by atoms with Crippen molar-refractivity contribution in [2.75, 3.05) is 25.6 Å². The molecule has 1 rings (SSSR count). The van der Waals surface area contributed by atoms with E-state index in [9.17, 15) is 0 Å². The molecule has 1 nitrogen and oxygen atoms in total. The van der Waals surface area contributed by atoms with E-state index < -0.39 is 0 Å². The number of rotatable bonds is 5. The van der Waals surface area contributed by atoms with Crippen molar-refractivity contribution < 1.29 is 0 Å². The van der Waals surface area contributed by atoms with E-state index in [1.165, 1.54) is 38.0 Å². The predicted octanol–water partition coefficient (Wildman–Crippen LogP) is 2.38. The summed E-state index contributed by atoms with van der Waals surface area (Å²) < 4.78 is 0. The molecule has 0 heterocycles. The van der Waals surface area contributed by atoms with Gasteiger partial charge in [-0.1, -0.05) is 12.8 Å². The van der Waals surface area contributed by atoms with Crippen molar-refractivity contribution in [1.29, 1.82) is 0 Å². The van der Waals surface area contributed by atoms with Crippen molar-refractivity contribution in [1.82, 2.24) is 5.32 Å². The van der Waals surface area contributed by atoms with Crippen molar-refractivity contribution in [2.45, 2.75) is 25.7 Å². The summed E-state index contributed by atoms with van der Waals surface area (Å²) in [5, 5.41) is 3.31. The number of nitrogens with one attached hydrogen (secondary N) is 1. The van der Waals surface area contributed by atoms with Crippen molar-refractivity contribution in [3.63, 3.8) is 0 Å². The highest BCUT2D eigenvalue weighted by Gasteiger charge is 2.25. The van der Waals surface area contributed by atoms with E-state index in [4.69, 9.17) is 0 Å². The lowest BCUT2D eigenvalue weighted by Crippen LogP contribution is -2.22. The molecule has 1 aliphatic carbocycles. The summed E-state index contributed by atoms with van der Waals surface area (Å²) in [6.07, 6.45) is 8.05. The minimum Gasteiger partial charge on any atom is -0.319 e. The first-order valence-electron chi connectivity index (χ1n) is 5.02. The van der Waals surface area contributed by atoms with E-state index in [1.54, 1.807) is 0 Å². The largest absolute Gasteiger partial charge is 0.319 e. The lowest BCUT2D eigenvalue weighted by Gasteiger charge is -2.18. The average Bonchev–Trinajstić information content (AvgIpc) is 2.50. The third-order valence-corrected chi connectivity index (χ3v) is 3.62. The molecule has 1 N–H and O–H groups in total. The molecule has 0 saturated heterocycles. The Morgan fingerprint density at radius 1 is 1.33 bits per heavy atom. The van der Waals surface area contributed by atoms with Gasteiger partial charge in [0, 0.05) is 0 Å². The molecule has 0 spiro atoms. The van der Waals surface area contributed by atoms with Crippen LogP contribution in [0.25, 0.3) is 0 Å². The molecule has 72 valence electrons. The number of thioether (sulfide) groups is 1. The molecule has 1 saturated carbocycles. The molecule has 0 bridgehead atoms. The van der Waals surface area contributed by atoms with Crippen LogP contribution in [0.2, 0.25) is 0 Å². The van der Waals surface area contributed by atoms with Crippen molar-refractivity contribution in [3.05, 3.63) is 0 Å². The lowest BCUT2D eigenvalue weighted by atomic mass is 9.94. The van der Waals surface area contributed by atoms with Crippen LogP contribution < -0.4 is 5.32 Å². The van der Waals surface area contributed by atoms with Gasteiger partial charge in [-0.05, 0) is 50.3 Å².